The second-order valence-electron chi connectivity index (χ2n) is 4.96. The second-order valence-corrected chi connectivity index (χ2v) is 5.74. The van der Waals surface area contributed by atoms with E-state index in [1.165, 1.54) is 0 Å². The quantitative estimate of drug-likeness (QED) is 0.812. The summed E-state index contributed by atoms with van der Waals surface area (Å²) in [4.78, 5) is 4.24. The van der Waals surface area contributed by atoms with Crippen molar-refractivity contribution in [1.29, 1.82) is 0 Å². The molecule has 0 aliphatic heterocycles. The zero-order valence-corrected chi connectivity index (χ0v) is 12.1. The fourth-order valence-corrected chi connectivity index (χ4v) is 2.53. The van der Waals surface area contributed by atoms with E-state index in [-0.39, 0.29) is 0 Å². The molecule has 2 rings (SSSR count). The molecule has 0 saturated heterocycles. The van der Waals surface area contributed by atoms with Gasteiger partial charge in [0.2, 0.25) is 0 Å². The van der Waals surface area contributed by atoms with Crippen LogP contribution in [0.4, 0.5) is 0 Å². The molecule has 0 aliphatic carbocycles. The molecule has 19 heavy (non-hydrogen) atoms. The minimum Gasteiger partial charge on any atom is -0.387 e. The van der Waals surface area contributed by atoms with E-state index in [1.807, 2.05) is 21.5 Å². The van der Waals surface area contributed by atoms with E-state index in [0.717, 1.165) is 17.9 Å². The molecule has 104 valence electrons. The topological polar surface area (TPSA) is 63.0 Å². The Balaban J connectivity index is 1.81. The van der Waals surface area contributed by atoms with Crippen molar-refractivity contribution >= 4 is 11.3 Å². The van der Waals surface area contributed by atoms with Crippen LogP contribution in [0.3, 0.4) is 0 Å². The van der Waals surface area contributed by atoms with Crippen LogP contribution in [0.1, 0.15) is 31.3 Å². The summed E-state index contributed by atoms with van der Waals surface area (Å²) < 4.78 is 1.91. The van der Waals surface area contributed by atoms with Crippen molar-refractivity contribution in [3.8, 4) is 0 Å². The number of aliphatic hydroxyl groups excluding tert-OH is 1. The number of aliphatic hydroxyl groups is 1. The van der Waals surface area contributed by atoms with Gasteiger partial charge in [-0.15, -0.1) is 0 Å². The zero-order chi connectivity index (χ0) is 13.7. The minimum absolute atomic E-state index is 0.465. The fourth-order valence-electron chi connectivity index (χ4n) is 1.83. The molecule has 0 bridgehead atoms. The Morgan fingerprint density at radius 2 is 2.32 bits per heavy atom. The fraction of sp³-hybridized carbons (Fsp3) is 0.538. The lowest BCUT2D eigenvalue weighted by Crippen LogP contribution is -2.23. The summed E-state index contributed by atoms with van der Waals surface area (Å²) in [6.07, 6.45) is 1.11. The maximum atomic E-state index is 9.95. The average Bonchev–Trinajstić information content (AvgIpc) is 3.00. The number of hydrogen-bond donors (Lipinski definition) is 2. The predicted molar refractivity (Wildman–Crippen MR) is 75.8 cm³/mol. The number of aromatic nitrogens is 3. The molecule has 0 spiro atoms. The third-order valence-electron chi connectivity index (χ3n) is 2.78. The summed E-state index contributed by atoms with van der Waals surface area (Å²) in [6.45, 7) is 6.31. The van der Waals surface area contributed by atoms with E-state index in [9.17, 15) is 5.11 Å². The first-order valence-electron chi connectivity index (χ1n) is 6.44. The first kappa shape index (κ1) is 14.2. The molecular weight excluding hydrogens is 260 g/mol. The monoisotopic (exact) mass is 280 g/mol. The van der Waals surface area contributed by atoms with Crippen molar-refractivity contribution < 1.29 is 5.11 Å². The molecule has 6 heteroatoms. The highest BCUT2D eigenvalue weighted by molar-refractivity contribution is 7.07. The molecule has 2 aromatic heterocycles. The minimum atomic E-state index is -0.465. The van der Waals surface area contributed by atoms with E-state index in [0.29, 0.717) is 19.0 Å². The van der Waals surface area contributed by atoms with Crippen LogP contribution in [0.5, 0.6) is 0 Å². The zero-order valence-electron chi connectivity index (χ0n) is 11.3. The third-order valence-corrected chi connectivity index (χ3v) is 3.48. The van der Waals surface area contributed by atoms with Crippen LogP contribution in [0, 0.1) is 5.92 Å². The lowest BCUT2D eigenvalue weighted by Gasteiger charge is -2.12. The molecule has 0 fully saturated rings. The molecule has 0 radical (unpaired) electrons. The lowest BCUT2D eigenvalue weighted by atomic mass is 10.2. The van der Waals surface area contributed by atoms with Crippen molar-refractivity contribution in [2.45, 2.75) is 33.0 Å². The maximum absolute atomic E-state index is 9.95. The SMILES string of the molecule is CC(C)Cn1ncnc1CNCC(O)c1ccsc1. The Labute approximate surface area is 117 Å². The van der Waals surface area contributed by atoms with E-state index in [2.05, 4.69) is 29.2 Å². The molecule has 1 atom stereocenters. The van der Waals surface area contributed by atoms with Crippen LogP contribution < -0.4 is 5.32 Å². The number of nitrogens with one attached hydrogen (secondary N) is 1. The van der Waals surface area contributed by atoms with Gasteiger partial charge in [-0.25, -0.2) is 9.67 Å². The van der Waals surface area contributed by atoms with Gasteiger partial charge in [0.1, 0.15) is 12.2 Å². The van der Waals surface area contributed by atoms with Crippen LogP contribution in [0.15, 0.2) is 23.2 Å². The van der Waals surface area contributed by atoms with Crippen molar-refractivity contribution in [1.82, 2.24) is 20.1 Å². The first-order chi connectivity index (χ1) is 9.16. The van der Waals surface area contributed by atoms with E-state index in [4.69, 9.17) is 0 Å². The van der Waals surface area contributed by atoms with Gasteiger partial charge in [0.15, 0.2) is 0 Å². The molecule has 2 heterocycles. The van der Waals surface area contributed by atoms with Crippen LogP contribution in [0.2, 0.25) is 0 Å². The Kier molecular flexibility index (Phi) is 5.07. The van der Waals surface area contributed by atoms with Gasteiger partial charge >= 0.3 is 0 Å². The Morgan fingerprint density at radius 3 is 3.00 bits per heavy atom. The second kappa shape index (κ2) is 6.79. The van der Waals surface area contributed by atoms with Crippen LogP contribution in [-0.2, 0) is 13.1 Å². The van der Waals surface area contributed by atoms with Gasteiger partial charge in [0.05, 0.1) is 12.6 Å². The summed E-state index contributed by atoms with van der Waals surface area (Å²) in [5.41, 5.74) is 0.959. The highest BCUT2D eigenvalue weighted by Gasteiger charge is 2.09. The van der Waals surface area contributed by atoms with Crippen LogP contribution in [0.25, 0.3) is 0 Å². The van der Waals surface area contributed by atoms with Crippen molar-refractivity contribution in [3.05, 3.63) is 34.5 Å². The van der Waals surface area contributed by atoms with E-state index < -0.39 is 6.10 Å². The Hall–Kier alpha value is -1.24. The van der Waals surface area contributed by atoms with Crippen molar-refractivity contribution in [2.75, 3.05) is 6.54 Å². The molecule has 2 aromatic rings. The van der Waals surface area contributed by atoms with Gasteiger partial charge in [0.25, 0.3) is 0 Å². The van der Waals surface area contributed by atoms with Crippen LogP contribution in [-0.4, -0.2) is 26.4 Å². The molecule has 1 unspecified atom stereocenters. The Morgan fingerprint density at radius 1 is 1.47 bits per heavy atom. The molecular formula is C13H20N4OS. The Bertz CT molecular complexity index is 481. The van der Waals surface area contributed by atoms with Crippen molar-refractivity contribution in [2.24, 2.45) is 5.92 Å². The molecule has 2 N–H and O–H groups in total. The summed E-state index contributed by atoms with van der Waals surface area (Å²) in [5.74, 6) is 1.45. The van der Waals surface area contributed by atoms with Gasteiger partial charge in [0, 0.05) is 13.1 Å². The maximum Gasteiger partial charge on any atom is 0.140 e. The van der Waals surface area contributed by atoms with Crippen LogP contribution >= 0.6 is 11.3 Å². The highest BCUT2D eigenvalue weighted by atomic mass is 32.1. The normalized spacial score (nSPS) is 13.1. The number of rotatable bonds is 7. The molecule has 0 aromatic carbocycles. The number of thiophene rings is 1. The smallest absolute Gasteiger partial charge is 0.140 e. The lowest BCUT2D eigenvalue weighted by molar-refractivity contribution is 0.174. The summed E-state index contributed by atoms with van der Waals surface area (Å²) in [7, 11) is 0. The molecule has 0 amide bonds. The third kappa shape index (κ3) is 4.12. The van der Waals surface area contributed by atoms with Crippen molar-refractivity contribution in [3.63, 3.8) is 0 Å². The number of hydrogen-bond acceptors (Lipinski definition) is 5. The van der Waals surface area contributed by atoms with E-state index in [1.54, 1.807) is 17.7 Å². The summed E-state index contributed by atoms with van der Waals surface area (Å²) >= 11 is 1.59. The summed E-state index contributed by atoms with van der Waals surface area (Å²) in [5, 5.41) is 21.3. The van der Waals surface area contributed by atoms with Gasteiger partial charge in [-0.3, -0.25) is 0 Å². The van der Waals surface area contributed by atoms with E-state index >= 15 is 0 Å². The van der Waals surface area contributed by atoms with Gasteiger partial charge in [-0.1, -0.05) is 13.8 Å². The number of nitrogens with zero attached hydrogens (tertiary/aromatic N) is 3. The van der Waals surface area contributed by atoms with Gasteiger partial charge in [-0.05, 0) is 28.3 Å². The molecule has 0 aliphatic rings. The molecule has 0 saturated carbocycles. The van der Waals surface area contributed by atoms with Gasteiger partial charge in [-0.2, -0.15) is 16.4 Å². The summed E-state index contributed by atoms with van der Waals surface area (Å²) in [6, 6.07) is 1.94. The predicted octanol–water partition coefficient (Wildman–Crippen LogP) is 1.82. The molecule has 5 nitrogen and oxygen atoms in total. The van der Waals surface area contributed by atoms with Gasteiger partial charge < -0.3 is 10.4 Å². The first-order valence-corrected chi connectivity index (χ1v) is 7.38. The highest BCUT2D eigenvalue weighted by Crippen LogP contribution is 2.15. The standard InChI is InChI=1S/C13H20N4OS/c1-10(2)7-17-13(15-9-16-17)6-14-5-12(18)11-3-4-19-8-11/h3-4,8-10,12,14,18H,5-7H2,1-2H3. The average molecular weight is 280 g/mol. The largest absolute Gasteiger partial charge is 0.387 e.